The molecule has 0 bridgehead atoms. The lowest BCUT2D eigenvalue weighted by molar-refractivity contribution is 0.627. The Kier molecular flexibility index (Phi) is 4.31. The largest absolute Gasteiger partial charge is 0.217 e. The van der Waals surface area contributed by atoms with Crippen molar-refractivity contribution in [3.8, 4) is 0 Å². The third-order valence-electron chi connectivity index (χ3n) is 2.73. The van der Waals surface area contributed by atoms with Crippen LogP contribution >= 0.6 is 0 Å². The molecule has 18 heavy (non-hydrogen) atoms. The highest BCUT2D eigenvalue weighted by atomic mass is 32.2. The van der Waals surface area contributed by atoms with Gasteiger partial charge in [-0.05, 0) is 23.6 Å². The van der Waals surface area contributed by atoms with Crippen LogP contribution in [0.1, 0.15) is 18.4 Å². The molecule has 2 nitrogen and oxygen atoms in total. The lowest BCUT2D eigenvalue weighted by atomic mass is 10.0. The van der Waals surface area contributed by atoms with Gasteiger partial charge in [0.2, 0.25) is 10.3 Å². The molecule has 3 heteroatoms. The zero-order chi connectivity index (χ0) is 12.8. The maximum Gasteiger partial charge on any atom is 0.217 e. The molecule has 0 saturated carbocycles. The fourth-order valence-corrected chi connectivity index (χ4v) is 2.14. The summed E-state index contributed by atoms with van der Waals surface area (Å²) < 4.78 is 21.5. The zero-order valence-electron chi connectivity index (χ0n) is 9.91. The highest BCUT2D eigenvalue weighted by Gasteiger charge is 2.02. The van der Waals surface area contributed by atoms with E-state index in [1.54, 1.807) is 6.08 Å². The minimum Gasteiger partial charge on any atom is -0.184 e. The normalized spacial score (nSPS) is 14.9. The molecule has 1 aliphatic carbocycles. The molecule has 0 heterocycles. The van der Waals surface area contributed by atoms with E-state index in [9.17, 15) is 8.42 Å². The number of benzene rings is 1. The summed E-state index contributed by atoms with van der Waals surface area (Å²) in [6, 6.07) is 10.1. The molecule has 0 aromatic heterocycles. The Morgan fingerprint density at radius 1 is 1.11 bits per heavy atom. The van der Waals surface area contributed by atoms with E-state index in [0.29, 0.717) is 11.3 Å². The van der Waals surface area contributed by atoms with Gasteiger partial charge in [-0.15, -0.1) is 0 Å². The maximum absolute atomic E-state index is 10.7. The summed E-state index contributed by atoms with van der Waals surface area (Å²) in [6.45, 7) is 0. The summed E-state index contributed by atoms with van der Waals surface area (Å²) in [4.78, 5) is 0.450. The first-order chi connectivity index (χ1) is 8.75. The quantitative estimate of drug-likeness (QED) is 0.781. The molecule has 0 fully saturated rings. The fraction of sp³-hybridized carbons (Fsp3) is 0.133. The van der Waals surface area contributed by atoms with Gasteiger partial charge in [0.15, 0.2) is 0 Å². The standard InChI is InChI=1S/C15H14O2S/c16-18(17)15-11-9-14(10-12-15)8-4-7-13-5-2-1-3-6-13/h1-7,9-11H,8,12H2. The average molecular weight is 258 g/mol. The van der Waals surface area contributed by atoms with Gasteiger partial charge < -0.3 is 0 Å². The van der Waals surface area contributed by atoms with Crippen LogP contribution in [0, 0.1) is 0 Å². The van der Waals surface area contributed by atoms with Gasteiger partial charge >= 0.3 is 0 Å². The van der Waals surface area contributed by atoms with Crippen LogP contribution in [0.4, 0.5) is 0 Å². The van der Waals surface area contributed by atoms with E-state index < -0.39 is 10.3 Å². The zero-order valence-corrected chi connectivity index (χ0v) is 10.7. The molecule has 0 aliphatic heterocycles. The van der Waals surface area contributed by atoms with Crippen molar-refractivity contribution < 1.29 is 8.42 Å². The lowest BCUT2D eigenvalue weighted by Gasteiger charge is -2.03. The smallest absolute Gasteiger partial charge is 0.184 e. The molecule has 0 spiro atoms. The molecule has 92 valence electrons. The van der Waals surface area contributed by atoms with E-state index in [0.717, 1.165) is 12.0 Å². The molecule has 2 rings (SSSR count). The van der Waals surface area contributed by atoms with E-state index >= 15 is 0 Å². The van der Waals surface area contributed by atoms with Gasteiger partial charge in [-0.3, -0.25) is 0 Å². The van der Waals surface area contributed by atoms with E-state index in [2.05, 4.69) is 12.2 Å². The summed E-state index contributed by atoms with van der Waals surface area (Å²) in [5.74, 6) is 0. The first-order valence-corrected chi connectivity index (χ1v) is 6.87. The molecule has 0 amide bonds. The second kappa shape index (κ2) is 6.17. The van der Waals surface area contributed by atoms with Crippen molar-refractivity contribution in [1.29, 1.82) is 0 Å². The van der Waals surface area contributed by atoms with Crippen molar-refractivity contribution in [2.75, 3.05) is 0 Å². The van der Waals surface area contributed by atoms with Gasteiger partial charge in [0, 0.05) is 6.42 Å². The van der Waals surface area contributed by atoms with Gasteiger partial charge in [0.25, 0.3) is 0 Å². The van der Waals surface area contributed by atoms with Crippen molar-refractivity contribution in [3.63, 3.8) is 0 Å². The minimum absolute atomic E-state index is 0.450. The topological polar surface area (TPSA) is 34.1 Å². The highest BCUT2D eigenvalue weighted by molar-refractivity contribution is 7.73. The first-order valence-electron chi connectivity index (χ1n) is 5.79. The van der Waals surface area contributed by atoms with E-state index in [-0.39, 0.29) is 0 Å². The van der Waals surface area contributed by atoms with Crippen LogP contribution in [0.2, 0.25) is 0 Å². The Balaban J connectivity index is 1.96. The number of hydrogen-bond donors (Lipinski definition) is 0. The number of allylic oxidation sites excluding steroid dienone is 5. The molecule has 0 atom stereocenters. The van der Waals surface area contributed by atoms with Crippen LogP contribution in [0.15, 0.2) is 60.2 Å². The van der Waals surface area contributed by atoms with Crippen LogP contribution in [0.3, 0.4) is 0 Å². The van der Waals surface area contributed by atoms with E-state index in [1.807, 2.05) is 42.5 Å². The van der Waals surface area contributed by atoms with Crippen molar-refractivity contribution in [1.82, 2.24) is 0 Å². The van der Waals surface area contributed by atoms with Gasteiger partial charge in [0.05, 0.1) is 4.86 Å². The summed E-state index contributed by atoms with van der Waals surface area (Å²) in [5.41, 5.74) is 2.32. The van der Waals surface area contributed by atoms with E-state index in [1.165, 1.54) is 5.56 Å². The van der Waals surface area contributed by atoms with Crippen LogP contribution in [-0.4, -0.2) is 13.3 Å². The van der Waals surface area contributed by atoms with Gasteiger partial charge in [-0.25, -0.2) is 0 Å². The summed E-state index contributed by atoms with van der Waals surface area (Å²) in [5, 5.41) is 0. The second-order valence-corrected chi connectivity index (χ2v) is 5.03. The third kappa shape index (κ3) is 3.57. The third-order valence-corrected chi connectivity index (χ3v) is 3.46. The van der Waals surface area contributed by atoms with Crippen molar-refractivity contribution in [2.24, 2.45) is 0 Å². The maximum atomic E-state index is 10.7. The monoisotopic (exact) mass is 258 g/mol. The van der Waals surface area contributed by atoms with Crippen molar-refractivity contribution in [2.45, 2.75) is 12.8 Å². The number of hydrogen-bond acceptors (Lipinski definition) is 2. The summed E-state index contributed by atoms with van der Waals surface area (Å²) in [6.07, 6.45) is 11.0. The molecule has 1 aliphatic rings. The predicted octanol–water partition coefficient (Wildman–Crippen LogP) is 3.03. The average Bonchev–Trinajstić information content (AvgIpc) is 2.40. The number of rotatable bonds is 3. The van der Waals surface area contributed by atoms with Crippen LogP contribution in [0.25, 0.3) is 6.08 Å². The lowest BCUT2D eigenvalue weighted by Crippen LogP contribution is -1.98. The minimum atomic E-state index is -2.09. The molecule has 0 N–H and O–H groups in total. The van der Waals surface area contributed by atoms with Crippen LogP contribution in [0.5, 0.6) is 0 Å². The second-order valence-electron chi connectivity index (χ2n) is 4.03. The SMILES string of the molecule is O=S(=O)=C1C=CC(CC=Cc2ccccc2)=CC1. The molecule has 0 unspecified atom stereocenters. The molecular formula is C15H14O2S. The highest BCUT2D eigenvalue weighted by Crippen LogP contribution is 2.13. The van der Waals surface area contributed by atoms with E-state index in [4.69, 9.17) is 0 Å². The molecular weight excluding hydrogens is 244 g/mol. The van der Waals surface area contributed by atoms with Crippen molar-refractivity contribution in [3.05, 3.63) is 65.8 Å². The Hall–Kier alpha value is -1.87. The summed E-state index contributed by atoms with van der Waals surface area (Å²) in [7, 11) is -2.09. The predicted molar refractivity (Wildman–Crippen MR) is 75.9 cm³/mol. The Morgan fingerprint density at radius 2 is 1.89 bits per heavy atom. The Labute approximate surface area is 109 Å². The summed E-state index contributed by atoms with van der Waals surface area (Å²) >= 11 is 0. The molecule has 1 aromatic carbocycles. The van der Waals surface area contributed by atoms with Crippen LogP contribution in [-0.2, 0) is 10.3 Å². The molecule has 0 radical (unpaired) electrons. The van der Waals surface area contributed by atoms with Gasteiger partial charge in [-0.2, -0.15) is 8.42 Å². The van der Waals surface area contributed by atoms with Crippen molar-refractivity contribution >= 4 is 21.2 Å². The van der Waals surface area contributed by atoms with Gasteiger partial charge in [0.1, 0.15) is 0 Å². The Bertz CT molecular complexity index is 624. The Morgan fingerprint density at radius 3 is 2.50 bits per heavy atom. The molecule has 0 saturated heterocycles. The van der Waals surface area contributed by atoms with Crippen LogP contribution < -0.4 is 0 Å². The van der Waals surface area contributed by atoms with Gasteiger partial charge in [-0.1, -0.05) is 54.6 Å². The first kappa shape index (κ1) is 12.6. The fourth-order valence-electron chi connectivity index (χ4n) is 1.74. The molecule has 1 aromatic rings.